The predicted molar refractivity (Wildman–Crippen MR) is 90.7 cm³/mol. The van der Waals surface area contributed by atoms with Crippen LogP contribution in [0.4, 0.5) is 5.69 Å². The lowest BCUT2D eigenvalue weighted by atomic mass is 10.1. The van der Waals surface area contributed by atoms with Crippen LogP contribution < -0.4 is 5.32 Å². The highest BCUT2D eigenvalue weighted by Gasteiger charge is 2.15. The Balaban J connectivity index is 2.02. The standard InChI is InChI=1S/C15H13BrClNOS/c16-12-7-6-11(17)9-13(12)18-15(19)14(20)8-10-4-2-1-3-5-10/h1-7,9,14,20H,8H2,(H,18,19). The second-order valence-corrected chi connectivity index (χ2v) is 6.23. The van der Waals surface area contributed by atoms with Crippen LogP contribution in [0, 0.1) is 0 Å². The van der Waals surface area contributed by atoms with E-state index in [0.717, 1.165) is 10.0 Å². The van der Waals surface area contributed by atoms with E-state index in [-0.39, 0.29) is 5.91 Å². The summed E-state index contributed by atoms with van der Waals surface area (Å²) in [5.41, 5.74) is 1.72. The van der Waals surface area contributed by atoms with Crippen LogP contribution in [0.1, 0.15) is 5.56 Å². The van der Waals surface area contributed by atoms with Crippen molar-refractivity contribution in [1.82, 2.24) is 0 Å². The number of thiol groups is 1. The van der Waals surface area contributed by atoms with Crippen LogP contribution in [-0.4, -0.2) is 11.2 Å². The highest BCUT2D eigenvalue weighted by Crippen LogP contribution is 2.26. The van der Waals surface area contributed by atoms with Gasteiger partial charge in [0.2, 0.25) is 5.91 Å². The van der Waals surface area contributed by atoms with Crippen LogP contribution in [0.2, 0.25) is 5.02 Å². The summed E-state index contributed by atoms with van der Waals surface area (Å²) < 4.78 is 0.787. The van der Waals surface area contributed by atoms with Gasteiger partial charge in [-0.15, -0.1) is 0 Å². The van der Waals surface area contributed by atoms with Gasteiger partial charge in [0.15, 0.2) is 0 Å². The minimum Gasteiger partial charge on any atom is -0.324 e. The van der Waals surface area contributed by atoms with E-state index in [1.54, 1.807) is 18.2 Å². The largest absolute Gasteiger partial charge is 0.324 e. The summed E-state index contributed by atoms with van der Waals surface area (Å²) in [6, 6.07) is 15.0. The Morgan fingerprint density at radius 3 is 2.65 bits per heavy atom. The molecule has 0 radical (unpaired) electrons. The first kappa shape index (κ1) is 15.4. The number of carbonyl (C=O) groups excluding carboxylic acids is 1. The van der Waals surface area contributed by atoms with Gasteiger partial charge in [-0.05, 0) is 46.1 Å². The van der Waals surface area contributed by atoms with E-state index in [4.69, 9.17) is 11.6 Å². The topological polar surface area (TPSA) is 29.1 Å². The molecule has 1 atom stereocenters. The van der Waals surface area contributed by atoms with Gasteiger partial charge in [-0.3, -0.25) is 4.79 Å². The molecule has 2 nitrogen and oxygen atoms in total. The van der Waals surface area contributed by atoms with Crippen molar-refractivity contribution in [2.24, 2.45) is 0 Å². The van der Waals surface area contributed by atoms with Crippen molar-refractivity contribution >= 4 is 51.8 Å². The van der Waals surface area contributed by atoms with Crippen LogP contribution >= 0.6 is 40.2 Å². The molecule has 1 unspecified atom stereocenters. The van der Waals surface area contributed by atoms with Gasteiger partial charge in [0.1, 0.15) is 0 Å². The van der Waals surface area contributed by atoms with Crippen LogP contribution in [0.5, 0.6) is 0 Å². The molecule has 0 spiro atoms. The van der Waals surface area contributed by atoms with Crippen molar-refractivity contribution in [1.29, 1.82) is 0 Å². The van der Waals surface area contributed by atoms with E-state index in [1.807, 2.05) is 30.3 Å². The summed E-state index contributed by atoms with van der Waals surface area (Å²) in [6.07, 6.45) is 0.577. The quantitative estimate of drug-likeness (QED) is 0.758. The molecule has 0 bridgehead atoms. The van der Waals surface area contributed by atoms with Gasteiger partial charge in [-0.2, -0.15) is 12.6 Å². The fourth-order valence-corrected chi connectivity index (χ4v) is 2.53. The van der Waals surface area contributed by atoms with Crippen LogP contribution in [-0.2, 0) is 11.2 Å². The fourth-order valence-electron chi connectivity index (χ4n) is 1.74. The number of nitrogens with one attached hydrogen (secondary N) is 1. The molecule has 0 saturated carbocycles. The molecular formula is C15H13BrClNOS. The predicted octanol–water partition coefficient (Wildman–Crippen LogP) is 4.58. The lowest BCUT2D eigenvalue weighted by Gasteiger charge is -2.13. The molecule has 0 aliphatic heterocycles. The van der Waals surface area contributed by atoms with E-state index in [2.05, 4.69) is 33.9 Å². The van der Waals surface area contributed by atoms with Gasteiger partial charge in [0.25, 0.3) is 0 Å². The molecular weight excluding hydrogens is 358 g/mol. The minimum atomic E-state index is -0.414. The van der Waals surface area contributed by atoms with Gasteiger partial charge in [0, 0.05) is 9.50 Å². The molecule has 104 valence electrons. The van der Waals surface area contributed by atoms with E-state index < -0.39 is 5.25 Å². The maximum Gasteiger partial charge on any atom is 0.237 e. The Morgan fingerprint density at radius 2 is 1.95 bits per heavy atom. The van der Waals surface area contributed by atoms with Gasteiger partial charge < -0.3 is 5.32 Å². The van der Waals surface area contributed by atoms with Crippen LogP contribution in [0.3, 0.4) is 0 Å². The zero-order valence-electron chi connectivity index (χ0n) is 10.5. The third-order valence-electron chi connectivity index (χ3n) is 2.76. The molecule has 0 aliphatic carbocycles. The van der Waals surface area contributed by atoms with Crippen LogP contribution in [0.25, 0.3) is 0 Å². The number of carbonyl (C=O) groups is 1. The van der Waals surface area contributed by atoms with Gasteiger partial charge in [-0.1, -0.05) is 41.9 Å². The van der Waals surface area contributed by atoms with Gasteiger partial charge in [0.05, 0.1) is 10.9 Å². The fraction of sp³-hybridized carbons (Fsp3) is 0.133. The average molecular weight is 371 g/mol. The van der Waals surface area contributed by atoms with Crippen molar-refractivity contribution < 1.29 is 4.79 Å². The summed E-state index contributed by atoms with van der Waals surface area (Å²) in [6.45, 7) is 0. The van der Waals surface area contributed by atoms with Crippen molar-refractivity contribution in [2.75, 3.05) is 5.32 Å². The summed E-state index contributed by atoms with van der Waals surface area (Å²) >= 11 is 13.7. The number of hydrogen-bond donors (Lipinski definition) is 2. The zero-order valence-corrected chi connectivity index (χ0v) is 13.8. The highest BCUT2D eigenvalue weighted by atomic mass is 79.9. The van der Waals surface area contributed by atoms with E-state index >= 15 is 0 Å². The van der Waals surface area contributed by atoms with E-state index in [1.165, 1.54) is 0 Å². The summed E-state index contributed by atoms with van der Waals surface area (Å²) in [7, 11) is 0. The zero-order chi connectivity index (χ0) is 14.5. The summed E-state index contributed by atoms with van der Waals surface area (Å²) in [5, 5.41) is 2.98. The number of anilines is 1. The number of benzene rings is 2. The number of rotatable bonds is 4. The first-order chi connectivity index (χ1) is 9.56. The molecule has 0 saturated heterocycles. The third-order valence-corrected chi connectivity index (χ3v) is 4.10. The monoisotopic (exact) mass is 369 g/mol. The summed E-state index contributed by atoms with van der Waals surface area (Å²) in [5.74, 6) is -0.153. The van der Waals surface area contributed by atoms with Gasteiger partial charge in [-0.25, -0.2) is 0 Å². The second-order valence-electron chi connectivity index (χ2n) is 4.32. The second kappa shape index (κ2) is 7.16. The van der Waals surface area contributed by atoms with Crippen molar-refractivity contribution in [3.05, 3.63) is 63.6 Å². The molecule has 20 heavy (non-hydrogen) atoms. The molecule has 2 aromatic rings. The van der Waals surface area contributed by atoms with Crippen LogP contribution in [0.15, 0.2) is 53.0 Å². The van der Waals surface area contributed by atoms with E-state index in [9.17, 15) is 4.79 Å². The minimum absolute atomic E-state index is 0.153. The van der Waals surface area contributed by atoms with E-state index in [0.29, 0.717) is 17.1 Å². The molecule has 0 aromatic heterocycles. The molecule has 2 aromatic carbocycles. The normalized spacial score (nSPS) is 11.9. The Hall–Kier alpha value is -0.970. The molecule has 1 N–H and O–H groups in total. The first-order valence-electron chi connectivity index (χ1n) is 6.04. The summed E-state index contributed by atoms with van der Waals surface area (Å²) in [4.78, 5) is 12.1. The van der Waals surface area contributed by atoms with Crippen molar-refractivity contribution in [3.8, 4) is 0 Å². The molecule has 1 amide bonds. The van der Waals surface area contributed by atoms with Crippen molar-refractivity contribution in [2.45, 2.75) is 11.7 Å². The Bertz CT molecular complexity index is 606. The molecule has 5 heteroatoms. The SMILES string of the molecule is O=C(Nc1cc(Cl)ccc1Br)C(S)Cc1ccccc1. The lowest BCUT2D eigenvalue weighted by molar-refractivity contribution is -0.115. The highest BCUT2D eigenvalue weighted by molar-refractivity contribution is 9.10. The van der Waals surface area contributed by atoms with Gasteiger partial charge >= 0.3 is 0 Å². The number of amides is 1. The lowest BCUT2D eigenvalue weighted by Crippen LogP contribution is -2.25. The first-order valence-corrected chi connectivity index (χ1v) is 7.73. The Labute approximate surface area is 137 Å². The molecule has 0 heterocycles. The van der Waals surface area contributed by atoms with Crippen molar-refractivity contribution in [3.63, 3.8) is 0 Å². The Kier molecular flexibility index (Phi) is 5.52. The third kappa shape index (κ3) is 4.27. The average Bonchev–Trinajstić information content (AvgIpc) is 2.44. The Morgan fingerprint density at radius 1 is 1.25 bits per heavy atom. The molecule has 2 rings (SSSR count). The smallest absolute Gasteiger partial charge is 0.237 e. The molecule has 0 aliphatic rings. The maximum atomic E-state index is 12.1. The maximum absolute atomic E-state index is 12.1. The number of hydrogen-bond acceptors (Lipinski definition) is 2. The molecule has 0 fully saturated rings. The number of halogens is 2.